The van der Waals surface area contributed by atoms with E-state index in [0.29, 0.717) is 10.6 Å². The third-order valence-electron chi connectivity index (χ3n) is 2.50. The van der Waals surface area contributed by atoms with Gasteiger partial charge < -0.3 is 10.6 Å². The molecule has 88 valence electrons. The van der Waals surface area contributed by atoms with Crippen LogP contribution in [0.5, 0.6) is 0 Å². The predicted molar refractivity (Wildman–Crippen MR) is 67.4 cm³/mol. The van der Waals surface area contributed by atoms with Gasteiger partial charge in [-0.05, 0) is 37.2 Å². The van der Waals surface area contributed by atoms with Crippen LogP contribution >= 0.6 is 24.0 Å². The van der Waals surface area contributed by atoms with Crippen LogP contribution in [0.1, 0.15) is 16.8 Å². The van der Waals surface area contributed by atoms with Gasteiger partial charge in [0.15, 0.2) is 0 Å². The van der Waals surface area contributed by atoms with Crippen molar-refractivity contribution in [2.24, 2.45) is 0 Å². The lowest BCUT2D eigenvalue weighted by molar-refractivity contribution is 0.0940. The molecule has 1 aromatic carbocycles. The lowest BCUT2D eigenvalue weighted by Crippen LogP contribution is -2.36. The number of carbonyl (C=O) groups excluding carboxylic acids is 1. The van der Waals surface area contributed by atoms with Gasteiger partial charge in [-0.15, -0.1) is 12.4 Å². The van der Waals surface area contributed by atoms with E-state index in [9.17, 15) is 4.79 Å². The highest BCUT2D eigenvalue weighted by molar-refractivity contribution is 6.30. The van der Waals surface area contributed by atoms with Gasteiger partial charge >= 0.3 is 0 Å². The van der Waals surface area contributed by atoms with Crippen LogP contribution in [-0.4, -0.2) is 25.0 Å². The standard InChI is InChI=1S/C11H13ClN2O.ClH/c12-9-3-1-8(2-4-9)11(15)14-10-5-6-13-7-10;/h1-4,10,13H,5-7H2,(H,14,15);1H. The van der Waals surface area contributed by atoms with Gasteiger partial charge in [0.2, 0.25) is 0 Å². The first-order valence-corrected chi connectivity index (χ1v) is 5.40. The van der Waals surface area contributed by atoms with E-state index < -0.39 is 0 Å². The maximum atomic E-state index is 11.7. The minimum atomic E-state index is -0.0274. The van der Waals surface area contributed by atoms with E-state index in [0.717, 1.165) is 19.5 Å². The normalized spacial score (nSPS) is 18.9. The highest BCUT2D eigenvalue weighted by Gasteiger charge is 2.17. The average molecular weight is 261 g/mol. The Hall–Kier alpha value is -0.770. The minimum Gasteiger partial charge on any atom is -0.348 e. The summed E-state index contributed by atoms with van der Waals surface area (Å²) >= 11 is 5.74. The molecule has 5 heteroatoms. The number of benzene rings is 1. The highest BCUT2D eigenvalue weighted by atomic mass is 35.5. The number of hydrogen-bond acceptors (Lipinski definition) is 2. The van der Waals surface area contributed by atoms with Crippen molar-refractivity contribution in [3.63, 3.8) is 0 Å². The molecule has 0 bridgehead atoms. The molecule has 1 aliphatic rings. The Labute approximate surface area is 106 Å². The molecule has 0 aliphatic carbocycles. The first-order chi connectivity index (χ1) is 7.25. The van der Waals surface area contributed by atoms with E-state index >= 15 is 0 Å². The molecule has 1 aromatic rings. The monoisotopic (exact) mass is 260 g/mol. The molecule has 1 saturated heterocycles. The summed E-state index contributed by atoms with van der Waals surface area (Å²) in [5, 5.41) is 6.82. The summed E-state index contributed by atoms with van der Waals surface area (Å²) in [4.78, 5) is 11.7. The maximum absolute atomic E-state index is 11.7. The zero-order chi connectivity index (χ0) is 10.7. The smallest absolute Gasteiger partial charge is 0.251 e. The Morgan fingerprint density at radius 2 is 2.06 bits per heavy atom. The zero-order valence-corrected chi connectivity index (χ0v) is 10.3. The number of rotatable bonds is 2. The Morgan fingerprint density at radius 1 is 1.38 bits per heavy atom. The molecule has 1 fully saturated rings. The summed E-state index contributed by atoms with van der Waals surface area (Å²) in [5.41, 5.74) is 0.659. The Kier molecular flexibility index (Phi) is 5.06. The van der Waals surface area contributed by atoms with Crippen LogP contribution in [-0.2, 0) is 0 Å². The van der Waals surface area contributed by atoms with Crippen LogP contribution in [0.15, 0.2) is 24.3 Å². The third-order valence-corrected chi connectivity index (χ3v) is 2.75. The maximum Gasteiger partial charge on any atom is 0.251 e. The summed E-state index contributed by atoms with van der Waals surface area (Å²) in [6.07, 6.45) is 0.999. The number of nitrogens with one attached hydrogen (secondary N) is 2. The van der Waals surface area contributed by atoms with Gasteiger partial charge in [-0.3, -0.25) is 4.79 Å². The second-order valence-corrected chi connectivity index (χ2v) is 4.11. The Bertz CT molecular complexity index is 348. The van der Waals surface area contributed by atoms with Crippen LogP contribution in [0.2, 0.25) is 5.02 Å². The quantitative estimate of drug-likeness (QED) is 0.853. The molecule has 2 N–H and O–H groups in total. The molecule has 2 rings (SSSR count). The van der Waals surface area contributed by atoms with Crippen molar-refractivity contribution in [2.75, 3.05) is 13.1 Å². The van der Waals surface area contributed by atoms with Gasteiger partial charge in [-0.2, -0.15) is 0 Å². The van der Waals surface area contributed by atoms with E-state index in [-0.39, 0.29) is 24.4 Å². The highest BCUT2D eigenvalue weighted by Crippen LogP contribution is 2.10. The Morgan fingerprint density at radius 3 is 2.62 bits per heavy atom. The first-order valence-electron chi connectivity index (χ1n) is 5.03. The van der Waals surface area contributed by atoms with Gasteiger partial charge in [0.25, 0.3) is 5.91 Å². The number of halogens is 2. The lowest BCUT2D eigenvalue weighted by Gasteiger charge is -2.10. The van der Waals surface area contributed by atoms with Crippen molar-refractivity contribution < 1.29 is 4.79 Å². The van der Waals surface area contributed by atoms with Crippen molar-refractivity contribution in [1.82, 2.24) is 10.6 Å². The molecule has 1 aliphatic heterocycles. The lowest BCUT2D eigenvalue weighted by atomic mass is 10.2. The number of carbonyl (C=O) groups is 1. The largest absolute Gasteiger partial charge is 0.348 e. The summed E-state index contributed by atoms with van der Waals surface area (Å²) in [6, 6.07) is 7.18. The van der Waals surface area contributed by atoms with Crippen LogP contribution in [0.4, 0.5) is 0 Å². The third kappa shape index (κ3) is 3.37. The van der Waals surface area contributed by atoms with Crippen molar-refractivity contribution in [3.05, 3.63) is 34.9 Å². The van der Waals surface area contributed by atoms with Gasteiger partial charge in [0, 0.05) is 23.2 Å². The van der Waals surface area contributed by atoms with E-state index in [1.54, 1.807) is 24.3 Å². The molecule has 0 radical (unpaired) electrons. The van der Waals surface area contributed by atoms with Crippen molar-refractivity contribution >= 4 is 29.9 Å². The molecule has 0 aromatic heterocycles. The number of hydrogen-bond donors (Lipinski definition) is 2. The fourth-order valence-electron chi connectivity index (χ4n) is 1.65. The molecule has 0 spiro atoms. The molecule has 3 nitrogen and oxygen atoms in total. The summed E-state index contributed by atoms with van der Waals surface area (Å²) in [5.74, 6) is -0.0274. The van der Waals surface area contributed by atoms with Gasteiger partial charge in [0.05, 0.1) is 0 Å². The second kappa shape index (κ2) is 6.09. The molecular formula is C11H14Cl2N2O. The van der Waals surface area contributed by atoms with E-state index in [1.807, 2.05) is 0 Å². The molecule has 0 saturated carbocycles. The first kappa shape index (κ1) is 13.3. The molecule has 1 unspecified atom stereocenters. The molecule has 16 heavy (non-hydrogen) atoms. The minimum absolute atomic E-state index is 0. The van der Waals surface area contributed by atoms with Crippen molar-refractivity contribution in [2.45, 2.75) is 12.5 Å². The summed E-state index contributed by atoms with van der Waals surface area (Å²) in [7, 11) is 0. The summed E-state index contributed by atoms with van der Waals surface area (Å²) in [6.45, 7) is 1.84. The van der Waals surface area contributed by atoms with Crippen LogP contribution in [0.3, 0.4) is 0 Å². The van der Waals surface area contributed by atoms with Gasteiger partial charge in [-0.25, -0.2) is 0 Å². The predicted octanol–water partition coefficient (Wildman–Crippen LogP) is 1.85. The molecule has 1 heterocycles. The van der Waals surface area contributed by atoms with Crippen molar-refractivity contribution in [3.8, 4) is 0 Å². The van der Waals surface area contributed by atoms with Crippen LogP contribution in [0.25, 0.3) is 0 Å². The van der Waals surface area contributed by atoms with E-state index in [2.05, 4.69) is 10.6 Å². The Balaban J connectivity index is 0.00000128. The van der Waals surface area contributed by atoms with Crippen LogP contribution in [0, 0.1) is 0 Å². The fraction of sp³-hybridized carbons (Fsp3) is 0.364. The average Bonchev–Trinajstić information content (AvgIpc) is 2.71. The fourth-order valence-corrected chi connectivity index (χ4v) is 1.77. The zero-order valence-electron chi connectivity index (χ0n) is 8.70. The number of amides is 1. The SMILES string of the molecule is Cl.O=C(NC1CCNC1)c1ccc(Cl)cc1. The molecule has 1 atom stereocenters. The van der Waals surface area contributed by atoms with Crippen LogP contribution < -0.4 is 10.6 Å². The molecule has 1 amide bonds. The van der Waals surface area contributed by atoms with Crippen molar-refractivity contribution in [1.29, 1.82) is 0 Å². The van der Waals surface area contributed by atoms with E-state index in [4.69, 9.17) is 11.6 Å². The van der Waals surface area contributed by atoms with Gasteiger partial charge in [-0.1, -0.05) is 11.6 Å². The second-order valence-electron chi connectivity index (χ2n) is 3.67. The van der Waals surface area contributed by atoms with E-state index in [1.165, 1.54) is 0 Å². The summed E-state index contributed by atoms with van der Waals surface area (Å²) < 4.78 is 0. The molecular weight excluding hydrogens is 247 g/mol. The van der Waals surface area contributed by atoms with Gasteiger partial charge in [0.1, 0.15) is 0 Å². The topological polar surface area (TPSA) is 41.1 Å².